The molecule has 0 bridgehead atoms. The third kappa shape index (κ3) is 5.09. The summed E-state index contributed by atoms with van der Waals surface area (Å²) in [6.45, 7) is 11.7. The summed E-state index contributed by atoms with van der Waals surface area (Å²) in [6.07, 6.45) is 2.64. The molecule has 3 aromatic rings. The number of carbonyl (C=O) groups is 1. The largest absolute Gasteiger partial charge is 0.368 e. The zero-order valence-electron chi connectivity index (χ0n) is 20.0. The molecule has 1 amide bonds. The molecule has 0 aliphatic carbocycles. The third-order valence-corrected chi connectivity index (χ3v) is 7.16. The van der Waals surface area contributed by atoms with Gasteiger partial charge >= 0.3 is 0 Å². The Kier molecular flexibility index (Phi) is 7.51. The fourth-order valence-corrected chi connectivity index (χ4v) is 5.20. The summed E-state index contributed by atoms with van der Waals surface area (Å²) >= 11 is 13.0. The third-order valence-electron chi connectivity index (χ3n) is 6.52. The van der Waals surface area contributed by atoms with Gasteiger partial charge in [0.25, 0.3) is 5.91 Å². The maximum absolute atomic E-state index is 13.0. The van der Waals surface area contributed by atoms with Gasteiger partial charge in [0, 0.05) is 54.0 Å². The molecule has 2 atom stereocenters. The van der Waals surface area contributed by atoms with E-state index in [0.717, 1.165) is 43.0 Å². The molecule has 1 aliphatic heterocycles. The molecule has 0 radical (unpaired) electrons. The first-order chi connectivity index (χ1) is 16.3. The van der Waals surface area contributed by atoms with E-state index in [-0.39, 0.29) is 5.91 Å². The maximum Gasteiger partial charge on any atom is 0.257 e. The van der Waals surface area contributed by atoms with Crippen molar-refractivity contribution in [2.24, 2.45) is 0 Å². The van der Waals surface area contributed by atoms with Crippen molar-refractivity contribution in [2.45, 2.75) is 46.2 Å². The Balaban J connectivity index is 1.50. The highest BCUT2D eigenvalue weighted by Crippen LogP contribution is 2.31. The van der Waals surface area contributed by atoms with Crippen LogP contribution >= 0.6 is 23.2 Å². The summed E-state index contributed by atoms with van der Waals surface area (Å²) in [4.78, 5) is 25.5. The highest BCUT2D eigenvalue weighted by molar-refractivity contribution is 6.35. The van der Waals surface area contributed by atoms with Crippen molar-refractivity contribution < 1.29 is 4.79 Å². The molecule has 1 aromatic heterocycles. The van der Waals surface area contributed by atoms with Gasteiger partial charge in [-0.15, -0.1) is 0 Å². The van der Waals surface area contributed by atoms with Gasteiger partial charge in [-0.2, -0.15) is 0 Å². The number of nitrogens with zero attached hydrogens (tertiary/aromatic N) is 3. The van der Waals surface area contributed by atoms with Gasteiger partial charge in [0.15, 0.2) is 0 Å². The Hall–Kier alpha value is -2.54. The van der Waals surface area contributed by atoms with Crippen LogP contribution in [0.3, 0.4) is 0 Å². The number of aromatic amines is 1. The predicted molar refractivity (Wildman–Crippen MR) is 141 cm³/mol. The van der Waals surface area contributed by atoms with Crippen LogP contribution in [0.25, 0.3) is 11.4 Å². The molecule has 0 saturated carbocycles. The van der Waals surface area contributed by atoms with Crippen LogP contribution in [0.1, 0.15) is 43.7 Å². The summed E-state index contributed by atoms with van der Waals surface area (Å²) < 4.78 is 0. The molecule has 180 valence electrons. The molecule has 6 nitrogen and oxygen atoms in total. The van der Waals surface area contributed by atoms with Crippen LogP contribution in [0.2, 0.25) is 10.0 Å². The minimum Gasteiger partial charge on any atom is -0.368 e. The Bertz CT molecular complexity index is 1170. The fraction of sp³-hybridized carbons (Fsp3) is 0.385. The molecule has 0 spiro atoms. The van der Waals surface area contributed by atoms with Crippen molar-refractivity contribution in [2.75, 3.05) is 29.9 Å². The number of likely N-dealkylation sites (N-methyl/N-ethyl adjacent to an activating group) is 1. The molecular formula is C26H31Cl2N5O. The number of imidazole rings is 1. The van der Waals surface area contributed by atoms with Gasteiger partial charge in [0.1, 0.15) is 5.82 Å². The standard InChI is InChI=1S/C26H31Cl2N5O/c1-5-18-13-29-25(30-18)22-11-19(7-10-23(22)27)31-26(34)21-9-8-20(12-24(21)28)32-14-16(3)33(6-2)17(4)15-32/h7-13,16-17H,5-6,14-15H2,1-4H3,(H,29,30)(H,31,34)/t16-,17-/m1/s1. The molecule has 4 rings (SSSR count). The van der Waals surface area contributed by atoms with E-state index in [4.69, 9.17) is 23.2 Å². The lowest BCUT2D eigenvalue weighted by molar-refractivity contribution is 0.102. The van der Waals surface area contributed by atoms with Crippen molar-refractivity contribution in [1.82, 2.24) is 14.9 Å². The highest BCUT2D eigenvalue weighted by atomic mass is 35.5. The Morgan fingerprint density at radius 3 is 2.44 bits per heavy atom. The van der Waals surface area contributed by atoms with Gasteiger partial charge in [-0.25, -0.2) is 4.98 Å². The van der Waals surface area contributed by atoms with E-state index in [1.807, 2.05) is 18.2 Å². The summed E-state index contributed by atoms with van der Waals surface area (Å²) in [5, 5.41) is 3.93. The lowest BCUT2D eigenvalue weighted by Gasteiger charge is -2.45. The molecule has 0 unspecified atom stereocenters. The van der Waals surface area contributed by atoms with Crippen molar-refractivity contribution in [3.8, 4) is 11.4 Å². The number of benzene rings is 2. The van der Waals surface area contributed by atoms with Gasteiger partial charge < -0.3 is 15.2 Å². The number of carbonyl (C=O) groups excluding carboxylic acids is 1. The first-order valence-electron chi connectivity index (χ1n) is 11.8. The van der Waals surface area contributed by atoms with Gasteiger partial charge in [0.05, 0.1) is 15.6 Å². The number of rotatable bonds is 6. The number of H-pyrrole nitrogens is 1. The smallest absolute Gasteiger partial charge is 0.257 e. The van der Waals surface area contributed by atoms with Crippen LogP contribution in [0.4, 0.5) is 11.4 Å². The fourth-order valence-electron chi connectivity index (χ4n) is 4.73. The summed E-state index contributed by atoms with van der Waals surface area (Å²) in [5.41, 5.74) is 3.84. The van der Waals surface area contributed by atoms with Gasteiger partial charge in [-0.1, -0.05) is 37.0 Å². The number of amides is 1. The molecule has 1 aliphatic rings. The van der Waals surface area contributed by atoms with Gasteiger partial charge in [0.2, 0.25) is 0 Å². The van der Waals surface area contributed by atoms with E-state index >= 15 is 0 Å². The predicted octanol–water partition coefficient (Wildman–Crippen LogP) is 6.12. The quantitative estimate of drug-likeness (QED) is 0.428. The average Bonchev–Trinajstić information content (AvgIpc) is 3.29. The van der Waals surface area contributed by atoms with Crippen LogP contribution in [0.15, 0.2) is 42.6 Å². The molecule has 8 heteroatoms. The van der Waals surface area contributed by atoms with E-state index in [0.29, 0.717) is 39.2 Å². The summed E-state index contributed by atoms with van der Waals surface area (Å²) in [6, 6.07) is 11.9. The van der Waals surface area contributed by atoms with Crippen LogP contribution in [0.5, 0.6) is 0 Å². The lowest BCUT2D eigenvalue weighted by atomic mass is 10.1. The second-order valence-corrected chi connectivity index (χ2v) is 9.67. The topological polar surface area (TPSA) is 64.3 Å². The molecule has 2 heterocycles. The highest BCUT2D eigenvalue weighted by Gasteiger charge is 2.28. The molecule has 1 fully saturated rings. The van der Waals surface area contributed by atoms with Crippen molar-refractivity contribution in [3.05, 3.63) is 63.9 Å². The lowest BCUT2D eigenvalue weighted by Crippen LogP contribution is -2.56. The van der Waals surface area contributed by atoms with Gasteiger partial charge in [-0.3, -0.25) is 9.69 Å². The zero-order valence-corrected chi connectivity index (χ0v) is 21.5. The normalized spacial score (nSPS) is 18.8. The Morgan fingerprint density at radius 1 is 1.09 bits per heavy atom. The first kappa shape index (κ1) is 24.6. The number of piperazine rings is 1. The van der Waals surface area contributed by atoms with Crippen molar-refractivity contribution >= 4 is 40.5 Å². The van der Waals surface area contributed by atoms with Crippen molar-refractivity contribution in [1.29, 1.82) is 0 Å². The number of halogens is 2. The van der Waals surface area contributed by atoms with E-state index in [9.17, 15) is 4.79 Å². The van der Waals surface area contributed by atoms with Crippen LogP contribution in [-0.4, -0.2) is 52.5 Å². The first-order valence-corrected chi connectivity index (χ1v) is 12.5. The van der Waals surface area contributed by atoms with Crippen LogP contribution < -0.4 is 10.2 Å². The van der Waals surface area contributed by atoms with Crippen LogP contribution in [0, 0.1) is 0 Å². The second-order valence-electron chi connectivity index (χ2n) is 8.86. The number of aromatic nitrogens is 2. The number of hydrogen-bond acceptors (Lipinski definition) is 4. The SMILES string of the molecule is CCc1cnc(-c2cc(NC(=O)c3ccc(N4C[C@@H](C)N(CC)[C@H](C)C4)cc3Cl)ccc2Cl)[nH]1. The second kappa shape index (κ2) is 10.4. The van der Waals surface area contributed by atoms with E-state index < -0.39 is 0 Å². The minimum absolute atomic E-state index is 0.268. The molecular weight excluding hydrogens is 469 g/mol. The molecule has 1 saturated heterocycles. The minimum atomic E-state index is -0.268. The number of anilines is 2. The number of nitrogens with one attached hydrogen (secondary N) is 2. The molecule has 2 N–H and O–H groups in total. The number of hydrogen-bond donors (Lipinski definition) is 2. The van der Waals surface area contributed by atoms with E-state index in [2.05, 4.69) is 52.8 Å². The zero-order chi connectivity index (χ0) is 24.4. The summed E-state index contributed by atoms with van der Waals surface area (Å²) in [7, 11) is 0. The van der Waals surface area contributed by atoms with E-state index in [1.54, 1.807) is 24.4 Å². The molecule has 34 heavy (non-hydrogen) atoms. The monoisotopic (exact) mass is 499 g/mol. The number of aryl methyl sites for hydroxylation is 1. The van der Waals surface area contributed by atoms with E-state index in [1.165, 1.54) is 0 Å². The van der Waals surface area contributed by atoms with Crippen LogP contribution in [-0.2, 0) is 6.42 Å². The maximum atomic E-state index is 13.0. The summed E-state index contributed by atoms with van der Waals surface area (Å²) in [5.74, 6) is 0.406. The molecule has 2 aromatic carbocycles. The van der Waals surface area contributed by atoms with Crippen molar-refractivity contribution in [3.63, 3.8) is 0 Å². The average molecular weight is 500 g/mol. The van der Waals surface area contributed by atoms with Gasteiger partial charge in [-0.05, 0) is 63.2 Å². The Labute approximate surface area is 211 Å². The Morgan fingerprint density at radius 2 is 1.82 bits per heavy atom.